The summed E-state index contributed by atoms with van der Waals surface area (Å²) in [6, 6.07) is 52.3. The molecule has 0 bridgehead atoms. The van der Waals surface area contributed by atoms with Gasteiger partial charge in [0.2, 0.25) is 0 Å². The Labute approximate surface area is 294 Å². The van der Waals surface area contributed by atoms with Crippen molar-refractivity contribution in [3.8, 4) is 51.8 Å². The summed E-state index contributed by atoms with van der Waals surface area (Å²) in [4.78, 5) is 0. The first-order valence-electron chi connectivity index (χ1n) is 16.7. The lowest BCUT2D eigenvalue weighted by atomic mass is 9.92. The molecule has 236 valence electrons. The van der Waals surface area contributed by atoms with Crippen molar-refractivity contribution in [3.63, 3.8) is 0 Å². The lowest BCUT2D eigenvalue weighted by Gasteiger charge is -2.18. The van der Waals surface area contributed by atoms with E-state index in [4.69, 9.17) is 0 Å². The van der Waals surface area contributed by atoms with Crippen LogP contribution in [-0.2, 0) is 0 Å². The minimum absolute atomic E-state index is 0.399. The van der Waals surface area contributed by atoms with Gasteiger partial charge in [0.15, 0.2) is 0 Å². The maximum atomic E-state index is 10.4. The number of hydrogen-bond acceptors (Lipinski definition) is 3. The first kappa shape index (κ1) is 29.7. The molecule has 0 saturated heterocycles. The van der Waals surface area contributed by atoms with Gasteiger partial charge in [0.25, 0.3) is 0 Å². The highest BCUT2D eigenvalue weighted by Crippen LogP contribution is 2.42. The first-order chi connectivity index (χ1) is 25.2. The van der Waals surface area contributed by atoms with Crippen molar-refractivity contribution in [1.29, 1.82) is 15.8 Å². The maximum absolute atomic E-state index is 10.4. The third-order valence-corrected chi connectivity index (χ3v) is 9.85. The molecule has 2 aromatic heterocycles. The number of para-hydroxylation sites is 3. The van der Waals surface area contributed by atoms with E-state index in [2.05, 4.69) is 106 Å². The number of fused-ring (bicyclic) bond motifs is 6. The van der Waals surface area contributed by atoms with Crippen molar-refractivity contribution in [2.75, 3.05) is 0 Å². The minimum atomic E-state index is -0.399. The Morgan fingerprint density at radius 2 is 1.18 bits per heavy atom. The van der Waals surface area contributed by atoms with Gasteiger partial charge >= 0.3 is 0 Å². The summed E-state index contributed by atoms with van der Waals surface area (Å²) in [5.74, 6) is -0.399. The molecule has 0 radical (unpaired) electrons. The van der Waals surface area contributed by atoms with Crippen LogP contribution in [0.15, 0.2) is 152 Å². The zero-order valence-corrected chi connectivity index (χ0v) is 27.3. The molecule has 1 unspecified atom stereocenters. The standard InChI is InChI=1S/C46H27N5/c47-27-30-21-22-44-40(25-30)38-15-5-9-18-42(38)51(44)41-17-8-4-14-37(41)36-13-3-2-12-35(36)33-23-31(28-48)24-34(26-33)50-43-19-10-6-16-39(43)46-32(29-49)11-1-7-20-45(46)50/h1-26,32H. The smallest absolute Gasteiger partial charge is 0.0992 e. The Bertz CT molecular complexity index is 2910. The van der Waals surface area contributed by atoms with E-state index in [1.807, 2.05) is 78.9 Å². The van der Waals surface area contributed by atoms with Crippen LogP contribution < -0.4 is 0 Å². The molecule has 0 spiro atoms. The number of aromatic nitrogens is 2. The Hall–Kier alpha value is -7.39. The van der Waals surface area contributed by atoms with E-state index in [1.165, 1.54) is 0 Å². The van der Waals surface area contributed by atoms with Crippen molar-refractivity contribution < 1.29 is 0 Å². The predicted molar refractivity (Wildman–Crippen MR) is 204 cm³/mol. The molecular weight excluding hydrogens is 623 g/mol. The lowest BCUT2D eigenvalue weighted by molar-refractivity contribution is 1.05. The molecule has 51 heavy (non-hydrogen) atoms. The second-order valence-electron chi connectivity index (χ2n) is 12.6. The number of nitrogens with zero attached hydrogens (tertiary/aromatic N) is 5. The molecule has 0 fully saturated rings. The second kappa shape index (κ2) is 11.9. The molecule has 1 atom stereocenters. The van der Waals surface area contributed by atoms with Crippen molar-refractivity contribution in [2.45, 2.75) is 5.92 Å². The number of nitriles is 3. The van der Waals surface area contributed by atoms with Crippen LogP contribution in [-0.4, -0.2) is 9.13 Å². The van der Waals surface area contributed by atoms with E-state index < -0.39 is 5.92 Å². The highest BCUT2D eigenvalue weighted by molar-refractivity contribution is 6.10. The Morgan fingerprint density at radius 3 is 1.96 bits per heavy atom. The second-order valence-corrected chi connectivity index (χ2v) is 12.6. The average Bonchev–Trinajstić information content (AvgIpc) is 3.60. The molecule has 2 heterocycles. The number of rotatable bonds is 4. The zero-order chi connectivity index (χ0) is 34.5. The Morgan fingerprint density at radius 1 is 0.510 bits per heavy atom. The van der Waals surface area contributed by atoms with Crippen LogP contribution in [0.5, 0.6) is 0 Å². The highest BCUT2D eigenvalue weighted by atomic mass is 15.0. The fourth-order valence-electron chi connectivity index (χ4n) is 7.71. The van der Waals surface area contributed by atoms with E-state index >= 15 is 0 Å². The minimum Gasteiger partial charge on any atom is -0.309 e. The molecule has 1 aliphatic rings. The van der Waals surface area contributed by atoms with Crippen LogP contribution >= 0.6 is 0 Å². The molecular formula is C46H27N5. The molecule has 5 nitrogen and oxygen atoms in total. The zero-order valence-electron chi connectivity index (χ0n) is 27.3. The van der Waals surface area contributed by atoms with Crippen LogP contribution in [0.1, 0.15) is 28.3 Å². The van der Waals surface area contributed by atoms with Crippen LogP contribution in [0.25, 0.3) is 72.4 Å². The maximum Gasteiger partial charge on any atom is 0.0992 e. The monoisotopic (exact) mass is 649 g/mol. The fraction of sp³-hybridized carbons (Fsp3) is 0.0217. The van der Waals surface area contributed by atoms with Crippen molar-refractivity contribution >= 4 is 38.8 Å². The SMILES string of the molecule is N#Cc1cc(-c2ccccc2-c2ccccc2-n2c3ccccc3c3cc(C#N)ccc32)cc(-n2c3c(c4ccccc42)C(C#N)C=CC=C3)c1. The Kier molecular flexibility index (Phi) is 6.96. The largest absolute Gasteiger partial charge is 0.309 e. The summed E-state index contributed by atoms with van der Waals surface area (Å²) >= 11 is 0. The molecule has 9 rings (SSSR count). The van der Waals surface area contributed by atoms with Gasteiger partial charge in [0, 0.05) is 33.0 Å². The van der Waals surface area contributed by atoms with E-state index in [-0.39, 0.29) is 0 Å². The third kappa shape index (κ3) is 4.67. The van der Waals surface area contributed by atoms with Gasteiger partial charge in [-0.3, -0.25) is 0 Å². The third-order valence-electron chi connectivity index (χ3n) is 9.85. The quantitative estimate of drug-likeness (QED) is 0.190. The number of hydrogen-bond donors (Lipinski definition) is 0. The van der Waals surface area contributed by atoms with E-state index in [9.17, 15) is 15.8 Å². The summed E-state index contributed by atoms with van der Waals surface area (Å²) in [5.41, 5.74) is 11.9. The van der Waals surface area contributed by atoms with Gasteiger partial charge in [-0.15, -0.1) is 0 Å². The summed E-state index contributed by atoms with van der Waals surface area (Å²) in [6.07, 6.45) is 7.89. The summed E-state index contributed by atoms with van der Waals surface area (Å²) in [7, 11) is 0. The number of allylic oxidation sites excluding steroid dienone is 3. The van der Waals surface area contributed by atoms with Gasteiger partial charge in [0.1, 0.15) is 0 Å². The molecule has 5 heteroatoms. The lowest BCUT2D eigenvalue weighted by Crippen LogP contribution is -2.01. The van der Waals surface area contributed by atoms with Crippen molar-refractivity contribution in [3.05, 3.63) is 174 Å². The normalized spacial score (nSPS) is 13.5. The fourth-order valence-corrected chi connectivity index (χ4v) is 7.71. The van der Waals surface area contributed by atoms with E-state index in [0.29, 0.717) is 11.1 Å². The molecule has 0 saturated carbocycles. The average molecular weight is 650 g/mol. The first-order valence-corrected chi connectivity index (χ1v) is 16.7. The van der Waals surface area contributed by atoms with Crippen LogP contribution in [0.2, 0.25) is 0 Å². The van der Waals surface area contributed by atoms with Crippen molar-refractivity contribution in [2.24, 2.45) is 0 Å². The van der Waals surface area contributed by atoms with Crippen LogP contribution in [0.3, 0.4) is 0 Å². The summed E-state index contributed by atoms with van der Waals surface area (Å²) in [6.45, 7) is 0. The summed E-state index contributed by atoms with van der Waals surface area (Å²) < 4.78 is 4.45. The van der Waals surface area contributed by atoms with E-state index in [1.54, 1.807) is 0 Å². The molecule has 0 amide bonds. The predicted octanol–water partition coefficient (Wildman–Crippen LogP) is 11.0. The summed E-state index contributed by atoms with van der Waals surface area (Å²) in [5, 5.41) is 33.3. The molecule has 6 aromatic carbocycles. The van der Waals surface area contributed by atoms with Gasteiger partial charge < -0.3 is 9.13 Å². The van der Waals surface area contributed by atoms with Gasteiger partial charge in [-0.2, -0.15) is 15.8 Å². The van der Waals surface area contributed by atoms with Crippen molar-refractivity contribution in [1.82, 2.24) is 9.13 Å². The molecule has 0 aliphatic heterocycles. The van der Waals surface area contributed by atoms with Crippen LogP contribution in [0.4, 0.5) is 0 Å². The molecule has 1 aliphatic carbocycles. The van der Waals surface area contributed by atoms with Crippen LogP contribution in [0, 0.1) is 34.0 Å². The number of benzene rings is 6. The molecule has 0 N–H and O–H groups in total. The van der Waals surface area contributed by atoms with Gasteiger partial charge in [-0.05, 0) is 77.4 Å². The Balaban J connectivity index is 1.28. The van der Waals surface area contributed by atoms with E-state index in [0.717, 1.165) is 77.6 Å². The van der Waals surface area contributed by atoms with Gasteiger partial charge in [-0.25, -0.2) is 0 Å². The highest BCUT2D eigenvalue weighted by Gasteiger charge is 2.24. The molecule has 8 aromatic rings. The topological polar surface area (TPSA) is 81.2 Å². The van der Waals surface area contributed by atoms with Gasteiger partial charge in [-0.1, -0.05) is 97.1 Å². The van der Waals surface area contributed by atoms with Gasteiger partial charge in [0.05, 0.1) is 63.2 Å².